The molecule has 0 aliphatic rings. The Morgan fingerprint density at radius 1 is 1.62 bits per heavy atom. The zero-order valence-electron chi connectivity index (χ0n) is 5.83. The largest absolute Gasteiger partial charge is 0.125 e. The Hall–Kier alpha value is 0.170. The molecule has 0 aromatic carbocycles. The predicted molar refractivity (Wildman–Crippen MR) is 43.2 cm³/mol. The first-order valence-corrected chi connectivity index (χ1v) is 4.77. The van der Waals surface area contributed by atoms with Gasteiger partial charge in [0.15, 0.2) is 0 Å². The molecular weight excluding hydrogens is 115 g/mol. The fraction of sp³-hybridized carbons (Fsp3) is 0.714. The molecule has 0 aromatic heterocycles. The average molecular weight is 130 g/mol. The molecule has 0 fully saturated rings. The number of hydrogen-bond donors (Lipinski definition) is 0. The minimum atomic E-state index is 1.12. The maximum absolute atomic E-state index is 3.83. The van der Waals surface area contributed by atoms with Crippen molar-refractivity contribution in [3.63, 3.8) is 0 Å². The molecule has 1 unspecified atom stereocenters. The monoisotopic (exact) mass is 130 g/mol. The molecule has 0 radical (unpaired) electrons. The van der Waals surface area contributed by atoms with Gasteiger partial charge in [-0.2, -0.15) is 0 Å². The summed E-state index contributed by atoms with van der Waals surface area (Å²) in [7, 11) is 1.12. The summed E-state index contributed by atoms with van der Waals surface area (Å²) in [6, 6.07) is 0. The van der Waals surface area contributed by atoms with Gasteiger partial charge in [-0.05, 0) is 32.6 Å². The quantitative estimate of drug-likeness (QED) is 0.312. The SMILES string of the molecule is C=C(C)CCCPC. The van der Waals surface area contributed by atoms with Crippen molar-refractivity contribution in [3.05, 3.63) is 12.2 Å². The normalized spacial score (nSPS) is 10.8. The van der Waals surface area contributed by atoms with Crippen molar-refractivity contribution >= 4 is 8.58 Å². The van der Waals surface area contributed by atoms with Crippen molar-refractivity contribution in [2.75, 3.05) is 12.8 Å². The van der Waals surface area contributed by atoms with Gasteiger partial charge in [0, 0.05) is 0 Å². The predicted octanol–water partition coefficient (Wildman–Crippen LogP) is 2.65. The van der Waals surface area contributed by atoms with Crippen LogP contribution in [-0.2, 0) is 0 Å². The third kappa shape index (κ3) is 6.17. The highest BCUT2D eigenvalue weighted by Gasteiger charge is 1.84. The summed E-state index contributed by atoms with van der Waals surface area (Å²) in [5.74, 6) is 0. The van der Waals surface area contributed by atoms with Crippen LogP contribution >= 0.6 is 8.58 Å². The van der Waals surface area contributed by atoms with Crippen LogP contribution in [-0.4, -0.2) is 12.8 Å². The standard InChI is InChI=1S/C7H15P/c1-7(2)5-4-6-8-3/h8H,1,4-6H2,2-3H3. The van der Waals surface area contributed by atoms with E-state index in [-0.39, 0.29) is 0 Å². The van der Waals surface area contributed by atoms with Crippen LogP contribution in [0.5, 0.6) is 0 Å². The van der Waals surface area contributed by atoms with E-state index in [2.05, 4.69) is 20.2 Å². The molecule has 8 heavy (non-hydrogen) atoms. The summed E-state index contributed by atoms with van der Waals surface area (Å²) in [4.78, 5) is 0. The average Bonchev–Trinajstić information content (AvgIpc) is 1.66. The molecule has 0 aliphatic heterocycles. The van der Waals surface area contributed by atoms with Crippen LogP contribution < -0.4 is 0 Å². The van der Waals surface area contributed by atoms with Gasteiger partial charge in [0.2, 0.25) is 0 Å². The Bertz CT molecular complexity index is 66.8. The lowest BCUT2D eigenvalue weighted by atomic mass is 10.2. The van der Waals surface area contributed by atoms with E-state index in [4.69, 9.17) is 0 Å². The van der Waals surface area contributed by atoms with Crippen molar-refractivity contribution in [1.82, 2.24) is 0 Å². The van der Waals surface area contributed by atoms with Crippen LogP contribution in [0.2, 0.25) is 0 Å². The van der Waals surface area contributed by atoms with Crippen LogP contribution in [0, 0.1) is 0 Å². The maximum atomic E-state index is 3.83. The van der Waals surface area contributed by atoms with Crippen LogP contribution in [0.3, 0.4) is 0 Å². The molecule has 0 saturated carbocycles. The molecule has 0 nitrogen and oxygen atoms in total. The van der Waals surface area contributed by atoms with Crippen LogP contribution in [0.15, 0.2) is 12.2 Å². The summed E-state index contributed by atoms with van der Waals surface area (Å²) in [6.45, 7) is 8.17. The molecular formula is C7H15P. The molecule has 1 heteroatoms. The van der Waals surface area contributed by atoms with Gasteiger partial charge in [0.25, 0.3) is 0 Å². The zero-order valence-corrected chi connectivity index (χ0v) is 6.83. The lowest BCUT2D eigenvalue weighted by Crippen LogP contribution is -1.77. The number of hydrogen-bond acceptors (Lipinski definition) is 0. The summed E-state index contributed by atoms with van der Waals surface area (Å²) in [6.07, 6.45) is 3.94. The number of rotatable bonds is 4. The summed E-state index contributed by atoms with van der Waals surface area (Å²) in [5, 5.41) is 0. The Morgan fingerprint density at radius 2 is 2.25 bits per heavy atom. The highest BCUT2D eigenvalue weighted by Crippen LogP contribution is 2.08. The molecule has 48 valence electrons. The fourth-order valence-corrected chi connectivity index (χ4v) is 1.10. The van der Waals surface area contributed by atoms with Crippen LogP contribution in [0.4, 0.5) is 0 Å². The lowest BCUT2D eigenvalue weighted by Gasteiger charge is -1.95. The van der Waals surface area contributed by atoms with Crippen LogP contribution in [0.1, 0.15) is 19.8 Å². The first-order valence-electron chi connectivity index (χ1n) is 3.06. The van der Waals surface area contributed by atoms with Crippen molar-refractivity contribution in [2.45, 2.75) is 19.8 Å². The third-order valence-corrected chi connectivity index (χ3v) is 1.88. The number of allylic oxidation sites excluding steroid dienone is 1. The van der Waals surface area contributed by atoms with E-state index in [1.807, 2.05) is 0 Å². The van der Waals surface area contributed by atoms with Gasteiger partial charge in [-0.25, -0.2) is 0 Å². The Morgan fingerprint density at radius 3 is 2.62 bits per heavy atom. The summed E-state index contributed by atoms with van der Waals surface area (Å²) >= 11 is 0. The third-order valence-electron chi connectivity index (χ3n) is 1.03. The van der Waals surface area contributed by atoms with E-state index in [1.54, 1.807) is 0 Å². The molecule has 0 saturated heterocycles. The Balaban J connectivity index is 2.82. The molecule has 0 bridgehead atoms. The molecule has 0 aliphatic carbocycles. The lowest BCUT2D eigenvalue weighted by molar-refractivity contribution is 0.919. The van der Waals surface area contributed by atoms with Gasteiger partial charge in [0.1, 0.15) is 0 Å². The van der Waals surface area contributed by atoms with Gasteiger partial charge in [-0.3, -0.25) is 0 Å². The van der Waals surface area contributed by atoms with E-state index >= 15 is 0 Å². The van der Waals surface area contributed by atoms with E-state index in [1.165, 1.54) is 24.6 Å². The van der Waals surface area contributed by atoms with Gasteiger partial charge in [-0.15, -0.1) is 15.2 Å². The van der Waals surface area contributed by atoms with Crippen molar-refractivity contribution in [1.29, 1.82) is 0 Å². The topological polar surface area (TPSA) is 0 Å². The second kappa shape index (κ2) is 5.31. The maximum Gasteiger partial charge on any atom is -0.0323 e. The molecule has 0 N–H and O–H groups in total. The molecule has 0 heterocycles. The first-order chi connectivity index (χ1) is 3.77. The van der Waals surface area contributed by atoms with Crippen molar-refractivity contribution in [2.24, 2.45) is 0 Å². The van der Waals surface area contributed by atoms with Crippen molar-refractivity contribution < 1.29 is 0 Å². The van der Waals surface area contributed by atoms with E-state index in [0.29, 0.717) is 0 Å². The molecule has 0 aromatic rings. The molecule has 0 spiro atoms. The van der Waals surface area contributed by atoms with Crippen molar-refractivity contribution in [3.8, 4) is 0 Å². The zero-order chi connectivity index (χ0) is 6.41. The molecule has 1 atom stereocenters. The van der Waals surface area contributed by atoms with Gasteiger partial charge in [0.05, 0.1) is 0 Å². The van der Waals surface area contributed by atoms with Gasteiger partial charge >= 0.3 is 0 Å². The fourth-order valence-electron chi connectivity index (χ4n) is 0.567. The molecule has 0 rings (SSSR count). The highest BCUT2D eigenvalue weighted by atomic mass is 31.1. The second-order valence-electron chi connectivity index (χ2n) is 2.16. The van der Waals surface area contributed by atoms with E-state index in [0.717, 1.165) is 8.58 Å². The van der Waals surface area contributed by atoms with E-state index in [9.17, 15) is 0 Å². The van der Waals surface area contributed by atoms with E-state index < -0.39 is 0 Å². The first kappa shape index (κ1) is 8.17. The van der Waals surface area contributed by atoms with Gasteiger partial charge < -0.3 is 0 Å². The van der Waals surface area contributed by atoms with Crippen LogP contribution in [0.25, 0.3) is 0 Å². The minimum absolute atomic E-state index is 1.12. The minimum Gasteiger partial charge on any atom is -0.125 e. The molecule has 0 amide bonds. The second-order valence-corrected chi connectivity index (χ2v) is 3.37. The summed E-state index contributed by atoms with van der Waals surface area (Å²) < 4.78 is 0. The van der Waals surface area contributed by atoms with Gasteiger partial charge in [-0.1, -0.05) is 5.57 Å². The Labute approximate surface area is 54.2 Å². The highest BCUT2D eigenvalue weighted by molar-refractivity contribution is 7.36. The Kier molecular flexibility index (Phi) is 5.42. The smallest absolute Gasteiger partial charge is 0.0323 e. The summed E-state index contributed by atoms with van der Waals surface area (Å²) in [5.41, 5.74) is 1.32.